The van der Waals surface area contributed by atoms with Crippen LogP contribution in [0.3, 0.4) is 0 Å². The zero-order valence-corrected chi connectivity index (χ0v) is 12.4. The molecule has 0 aliphatic carbocycles. The number of nitrogens with zero attached hydrogens (tertiary/aromatic N) is 3. The topological polar surface area (TPSA) is 56.7 Å². The van der Waals surface area contributed by atoms with Crippen molar-refractivity contribution in [3.63, 3.8) is 0 Å². The Bertz CT molecular complexity index is 492. The van der Waals surface area contributed by atoms with Gasteiger partial charge in [0.25, 0.3) is 0 Å². The van der Waals surface area contributed by atoms with Gasteiger partial charge in [0, 0.05) is 25.3 Å². The molecule has 2 aliphatic heterocycles. The maximum absolute atomic E-state index is 11.3. The standard InChI is InChI=1S/C16H23N3O2/c20-16(21)14-5-4-8-17-15(14)19-11-6-13(7-12-19)18-9-2-1-3-10-18/h4-5,8,13H,1-3,6-7,9-12H2,(H,20,21). The van der Waals surface area contributed by atoms with Crippen molar-refractivity contribution in [3.05, 3.63) is 23.9 Å². The summed E-state index contributed by atoms with van der Waals surface area (Å²) in [4.78, 5) is 20.3. The number of hydrogen-bond acceptors (Lipinski definition) is 4. The molecule has 1 aromatic heterocycles. The molecule has 0 amide bonds. The van der Waals surface area contributed by atoms with Crippen LogP contribution in [-0.4, -0.2) is 53.2 Å². The zero-order valence-electron chi connectivity index (χ0n) is 12.4. The van der Waals surface area contributed by atoms with Crippen molar-refractivity contribution in [1.82, 2.24) is 9.88 Å². The van der Waals surface area contributed by atoms with Gasteiger partial charge in [-0.05, 0) is 50.9 Å². The van der Waals surface area contributed by atoms with E-state index in [9.17, 15) is 9.90 Å². The highest BCUT2D eigenvalue weighted by Crippen LogP contribution is 2.25. The molecule has 0 bridgehead atoms. The molecule has 0 aromatic carbocycles. The van der Waals surface area contributed by atoms with E-state index in [2.05, 4.69) is 14.8 Å². The number of aromatic nitrogens is 1. The second kappa shape index (κ2) is 6.43. The third-order valence-electron chi connectivity index (χ3n) is 4.69. The van der Waals surface area contributed by atoms with Crippen LogP contribution in [0, 0.1) is 0 Å². The Morgan fingerprint density at radius 3 is 2.52 bits per heavy atom. The van der Waals surface area contributed by atoms with Crippen LogP contribution in [0.1, 0.15) is 42.5 Å². The molecule has 2 saturated heterocycles. The van der Waals surface area contributed by atoms with Crippen molar-refractivity contribution in [2.45, 2.75) is 38.1 Å². The summed E-state index contributed by atoms with van der Waals surface area (Å²) in [6, 6.07) is 3.99. The Morgan fingerprint density at radius 1 is 1.14 bits per heavy atom. The predicted octanol–water partition coefficient (Wildman–Crippen LogP) is 2.23. The highest BCUT2D eigenvalue weighted by atomic mass is 16.4. The van der Waals surface area contributed by atoms with Crippen LogP contribution in [0.25, 0.3) is 0 Å². The average molecular weight is 289 g/mol. The maximum Gasteiger partial charge on any atom is 0.339 e. The SMILES string of the molecule is O=C(O)c1cccnc1N1CCC(N2CCCCC2)CC1. The average Bonchev–Trinajstić information content (AvgIpc) is 2.56. The lowest BCUT2D eigenvalue weighted by atomic mass is 9.99. The molecule has 114 valence electrons. The molecule has 0 unspecified atom stereocenters. The number of carboxylic acid groups (broad SMARTS) is 1. The van der Waals surface area contributed by atoms with E-state index in [-0.39, 0.29) is 0 Å². The molecule has 3 rings (SSSR count). The number of carboxylic acids is 1. The Kier molecular flexibility index (Phi) is 4.39. The highest BCUT2D eigenvalue weighted by Gasteiger charge is 2.27. The molecule has 0 spiro atoms. The van der Waals surface area contributed by atoms with Crippen molar-refractivity contribution in [3.8, 4) is 0 Å². The van der Waals surface area contributed by atoms with Gasteiger partial charge in [0.05, 0.1) is 0 Å². The Morgan fingerprint density at radius 2 is 1.86 bits per heavy atom. The fourth-order valence-electron chi connectivity index (χ4n) is 3.54. The van der Waals surface area contributed by atoms with Crippen LogP contribution < -0.4 is 4.90 Å². The van der Waals surface area contributed by atoms with Gasteiger partial charge < -0.3 is 14.9 Å². The summed E-state index contributed by atoms with van der Waals surface area (Å²) < 4.78 is 0. The lowest BCUT2D eigenvalue weighted by molar-refractivity contribution is 0.0697. The summed E-state index contributed by atoms with van der Waals surface area (Å²) in [6.45, 7) is 4.26. The molecule has 1 aromatic rings. The predicted molar refractivity (Wildman–Crippen MR) is 81.9 cm³/mol. The van der Waals surface area contributed by atoms with Crippen LogP contribution >= 0.6 is 0 Å². The molecule has 1 N–H and O–H groups in total. The first kappa shape index (κ1) is 14.3. The van der Waals surface area contributed by atoms with Crippen LogP contribution in [0.15, 0.2) is 18.3 Å². The first-order valence-corrected chi connectivity index (χ1v) is 7.93. The van der Waals surface area contributed by atoms with Gasteiger partial charge in [-0.1, -0.05) is 6.42 Å². The molecular weight excluding hydrogens is 266 g/mol. The minimum absolute atomic E-state index is 0.314. The van der Waals surface area contributed by atoms with E-state index < -0.39 is 5.97 Å². The number of likely N-dealkylation sites (tertiary alicyclic amines) is 1. The molecular formula is C16H23N3O2. The van der Waals surface area contributed by atoms with Gasteiger partial charge in [-0.2, -0.15) is 0 Å². The van der Waals surface area contributed by atoms with E-state index >= 15 is 0 Å². The van der Waals surface area contributed by atoms with Gasteiger partial charge >= 0.3 is 5.97 Å². The Labute approximate surface area is 125 Å². The lowest BCUT2D eigenvalue weighted by Gasteiger charge is -2.40. The van der Waals surface area contributed by atoms with Crippen molar-refractivity contribution < 1.29 is 9.90 Å². The summed E-state index contributed by atoms with van der Waals surface area (Å²) in [5, 5.41) is 9.28. The maximum atomic E-state index is 11.3. The van der Waals surface area contributed by atoms with E-state index in [1.165, 1.54) is 32.4 Å². The normalized spacial score (nSPS) is 21.4. The second-order valence-electron chi connectivity index (χ2n) is 5.99. The van der Waals surface area contributed by atoms with E-state index in [4.69, 9.17) is 0 Å². The third kappa shape index (κ3) is 3.18. The summed E-state index contributed by atoms with van der Waals surface area (Å²) in [5.41, 5.74) is 0.314. The molecule has 0 atom stereocenters. The monoisotopic (exact) mass is 289 g/mol. The highest BCUT2D eigenvalue weighted by molar-refractivity contribution is 5.93. The van der Waals surface area contributed by atoms with Crippen LogP contribution in [0.5, 0.6) is 0 Å². The molecule has 21 heavy (non-hydrogen) atoms. The number of carbonyl (C=O) groups is 1. The molecule has 3 heterocycles. The summed E-state index contributed by atoms with van der Waals surface area (Å²) in [5.74, 6) is -0.265. The van der Waals surface area contributed by atoms with E-state index in [1.807, 2.05) is 0 Å². The van der Waals surface area contributed by atoms with Crippen LogP contribution in [-0.2, 0) is 0 Å². The van der Waals surface area contributed by atoms with Gasteiger partial charge in [0.15, 0.2) is 0 Å². The van der Waals surface area contributed by atoms with Crippen LogP contribution in [0.4, 0.5) is 5.82 Å². The Hall–Kier alpha value is -1.62. The van der Waals surface area contributed by atoms with Crippen molar-refractivity contribution >= 4 is 11.8 Å². The fourth-order valence-corrected chi connectivity index (χ4v) is 3.54. The molecule has 2 aliphatic rings. The van der Waals surface area contributed by atoms with Crippen LogP contribution in [0.2, 0.25) is 0 Å². The molecule has 5 nitrogen and oxygen atoms in total. The zero-order chi connectivity index (χ0) is 14.7. The van der Waals surface area contributed by atoms with E-state index in [0.717, 1.165) is 25.9 Å². The van der Waals surface area contributed by atoms with Gasteiger partial charge in [-0.15, -0.1) is 0 Å². The fraction of sp³-hybridized carbons (Fsp3) is 0.625. The number of anilines is 1. The first-order valence-electron chi connectivity index (χ1n) is 7.93. The number of piperidine rings is 2. The van der Waals surface area contributed by atoms with Gasteiger partial charge in [0.2, 0.25) is 0 Å². The van der Waals surface area contributed by atoms with Crippen molar-refractivity contribution in [2.24, 2.45) is 0 Å². The number of rotatable bonds is 3. The lowest BCUT2D eigenvalue weighted by Crippen LogP contribution is -2.47. The minimum Gasteiger partial charge on any atom is -0.478 e. The summed E-state index contributed by atoms with van der Waals surface area (Å²) in [6.07, 6.45) is 7.91. The first-order chi connectivity index (χ1) is 10.3. The molecule has 2 fully saturated rings. The third-order valence-corrected chi connectivity index (χ3v) is 4.69. The Balaban J connectivity index is 1.64. The summed E-state index contributed by atoms with van der Waals surface area (Å²) >= 11 is 0. The smallest absolute Gasteiger partial charge is 0.339 e. The second-order valence-corrected chi connectivity index (χ2v) is 5.99. The molecule has 0 saturated carbocycles. The van der Waals surface area contributed by atoms with Gasteiger partial charge in [0.1, 0.15) is 11.4 Å². The van der Waals surface area contributed by atoms with E-state index in [0.29, 0.717) is 17.4 Å². The van der Waals surface area contributed by atoms with E-state index in [1.54, 1.807) is 18.3 Å². The summed E-state index contributed by atoms with van der Waals surface area (Å²) in [7, 11) is 0. The van der Waals surface area contributed by atoms with Gasteiger partial charge in [-0.25, -0.2) is 9.78 Å². The van der Waals surface area contributed by atoms with Gasteiger partial charge in [-0.3, -0.25) is 0 Å². The molecule has 5 heteroatoms. The number of aromatic carboxylic acids is 1. The number of hydrogen-bond donors (Lipinski definition) is 1. The number of pyridine rings is 1. The quantitative estimate of drug-likeness (QED) is 0.925. The minimum atomic E-state index is -0.892. The van der Waals surface area contributed by atoms with Crippen molar-refractivity contribution in [2.75, 3.05) is 31.1 Å². The largest absolute Gasteiger partial charge is 0.478 e. The van der Waals surface area contributed by atoms with Crippen molar-refractivity contribution in [1.29, 1.82) is 0 Å². The molecule has 0 radical (unpaired) electrons.